The monoisotopic (exact) mass is 290 g/mol. The van der Waals surface area contributed by atoms with Crippen molar-refractivity contribution in [1.82, 2.24) is 0 Å². The minimum absolute atomic E-state index is 0.0219. The molecule has 0 saturated heterocycles. The van der Waals surface area contributed by atoms with Crippen LogP contribution in [0.5, 0.6) is 0 Å². The normalized spacial score (nSPS) is 10.1. The van der Waals surface area contributed by atoms with Gasteiger partial charge in [-0.3, -0.25) is 10.1 Å². The lowest BCUT2D eigenvalue weighted by atomic mass is 10.1. The quantitative estimate of drug-likeness (QED) is 0.652. The average Bonchev–Trinajstić information content (AvgIpc) is 2.46. The third kappa shape index (κ3) is 3.33. The molecule has 0 saturated carbocycles. The molecule has 0 heterocycles. The van der Waals surface area contributed by atoms with Crippen molar-refractivity contribution >= 4 is 17.3 Å². The van der Waals surface area contributed by atoms with Crippen molar-refractivity contribution in [2.75, 3.05) is 5.32 Å². The first-order chi connectivity index (χ1) is 9.99. The summed E-state index contributed by atoms with van der Waals surface area (Å²) in [5.41, 5.74) is 0.0493. The number of nitrogens with zero attached hydrogens (tertiary/aromatic N) is 1. The summed E-state index contributed by atoms with van der Waals surface area (Å²) in [6.45, 7) is 0.0219. The van der Waals surface area contributed by atoms with Gasteiger partial charge in [-0.15, -0.1) is 0 Å². The smallest absolute Gasteiger partial charge is 0.337 e. The maximum Gasteiger partial charge on any atom is 0.337 e. The first-order valence-electron chi connectivity index (χ1n) is 5.98. The van der Waals surface area contributed by atoms with Crippen molar-refractivity contribution in [3.05, 3.63) is 69.5 Å². The Morgan fingerprint density at radius 3 is 2.62 bits per heavy atom. The Hall–Kier alpha value is -2.96. The van der Waals surface area contributed by atoms with Crippen LogP contribution < -0.4 is 5.32 Å². The maximum absolute atomic E-state index is 13.5. The van der Waals surface area contributed by atoms with Crippen molar-refractivity contribution < 1.29 is 19.2 Å². The van der Waals surface area contributed by atoms with Gasteiger partial charge in [0.15, 0.2) is 0 Å². The fourth-order valence-corrected chi connectivity index (χ4v) is 1.81. The summed E-state index contributed by atoms with van der Waals surface area (Å²) in [7, 11) is 0. The Morgan fingerprint density at radius 2 is 2.00 bits per heavy atom. The van der Waals surface area contributed by atoms with Crippen LogP contribution in [-0.4, -0.2) is 16.0 Å². The minimum atomic E-state index is -1.22. The molecule has 2 aromatic carbocycles. The second kappa shape index (κ2) is 6.00. The van der Waals surface area contributed by atoms with Crippen LogP contribution in [0.25, 0.3) is 0 Å². The number of aromatic carboxylic acids is 1. The zero-order chi connectivity index (χ0) is 15.4. The van der Waals surface area contributed by atoms with Crippen molar-refractivity contribution in [1.29, 1.82) is 0 Å². The van der Waals surface area contributed by atoms with Gasteiger partial charge >= 0.3 is 5.97 Å². The number of anilines is 1. The first-order valence-corrected chi connectivity index (χ1v) is 5.98. The van der Waals surface area contributed by atoms with Gasteiger partial charge in [0.05, 0.1) is 16.2 Å². The Bertz CT molecular complexity index is 703. The molecule has 0 unspecified atom stereocenters. The molecule has 0 radical (unpaired) electrons. The van der Waals surface area contributed by atoms with Crippen LogP contribution in [0.4, 0.5) is 15.8 Å². The zero-order valence-corrected chi connectivity index (χ0v) is 10.7. The van der Waals surface area contributed by atoms with Crippen LogP contribution >= 0.6 is 0 Å². The van der Waals surface area contributed by atoms with Gasteiger partial charge in [-0.1, -0.05) is 18.2 Å². The molecule has 7 heteroatoms. The molecule has 21 heavy (non-hydrogen) atoms. The van der Waals surface area contributed by atoms with Crippen LogP contribution in [-0.2, 0) is 6.54 Å². The molecule has 2 rings (SSSR count). The number of benzene rings is 2. The SMILES string of the molecule is O=C(O)c1ccc([N+](=O)[O-])cc1NCc1ccccc1F. The van der Waals surface area contributed by atoms with Crippen molar-refractivity contribution in [3.8, 4) is 0 Å². The molecule has 6 nitrogen and oxygen atoms in total. The van der Waals surface area contributed by atoms with E-state index in [0.717, 1.165) is 18.2 Å². The van der Waals surface area contributed by atoms with Gasteiger partial charge in [-0.25, -0.2) is 9.18 Å². The van der Waals surface area contributed by atoms with E-state index < -0.39 is 16.7 Å². The van der Waals surface area contributed by atoms with Crippen LogP contribution in [0.1, 0.15) is 15.9 Å². The highest BCUT2D eigenvalue weighted by atomic mass is 19.1. The number of carbonyl (C=O) groups is 1. The molecule has 0 fully saturated rings. The van der Waals surface area contributed by atoms with E-state index in [2.05, 4.69) is 5.32 Å². The number of hydrogen-bond acceptors (Lipinski definition) is 4. The van der Waals surface area contributed by atoms with E-state index in [1.54, 1.807) is 12.1 Å². The molecule has 0 aliphatic rings. The van der Waals surface area contributed by atoms with Crippen LogP contribution in [0.3, 0.4) is 0 Å². The molecule has 0 aromatic heterocycles. The molecule has 2 N–H and O–H groups in total. The van der Waals surface area contributed by atoms with E-state index in [9.17, 15) is 19.3 Å². The second-order valence-corrected chi connectivity index (χ2v) is 4.24. The van der Waals surface area contributed by atoms with Gasteiger partial charge in [-0.05, 0) is 12.1 Å². The van der Waals surface area contributed by atoms with Crippen molar-refractivity contribution in [3.63, 3.8) is 0 Å². The third-order valence-electron chi connectivity index (χ3n) is 2.87. The number of non-ortho nitro benzene ring substituents is 1. The number of nitrogens with one attached hydrogen (secondary N) is 1. The van der Waals surface area contributed by atoms with Gasteiger partial charge in [0.2, 0.25) is 0 Å². The molecule has 0 aliphatic heterocycles. The molecule has 0 spiro atoms. The van der Waals surface area contributed by atoms with Crippen LogP contribution in [0.2, 0.25) is 0 Å². The largest absolute Gasteiger partial charge is 0.478 e. The minimum Gasteiger partial charge on any atom is -0.478 e. The number of nitro groups is 1. The Labute approximate surface area is 119 Å². The number of halogens is 1. The summed E-state index contributed by atoms with van der Waals surface area (Å²) in [5, 5.41) is 22.5. The predicted molar refractivity (Wildman–Crippen MR) is 73.8 cm³/mol. The molecule has 0 atom stereocenters. The number of carboxylic acid groups (broad SMARTS) is 1. The standard InChI is InChI=1S/C14H11FN2O4/c15-12-4-2-1-3-9(12)8-16-13-7-10(17(20)21)5-6-11(13)14(18)19/h1-7,16H,8H2,(H,18,19). The Kier molecular flexibility index (Phi) is 4.13. The summed E-state index contributed by atoms with van der Waals surface area (Å²) in [6.07, 6.45) is 0. The summed E-state index contributed by atoms with van der Waals surface area (Å²) in [6, 6.07) is 9.37. The highest BCUT2D eigenvalue weighted by Gasteiger charge is 2.15. The maximum atomic E-state index is 13.5. The molecular formula is C14H11FN2O4. The number of hydrogen-bond donors (Lipinski definition) is 2. The second-order valence-electron chi connectivity index (χ2n) is 4.24. The van der Waals surface area contributed by atoms with Gasteiger partial charge in [0.1, 0.15) is 5.82 Å². The molecule has 108 valence electrons. The van der Waals surface area contributed by atoms with Gasteiger partial charge in [0.25, 0.3) is 5.69 Å². The van der Waals surface area contributed by atoms with Gasteiger partial charge in [0, 0.05) is 24.2 Å². The van der Waals surface area contributed by atoms with E-state index in [1.165, 1.54) is 12.1 Å². The Morgan fingerprint density at radius 1 is 1.29 bits per heavy atom. The highest BCUT2D eigenvalue weighted by molar-refractivity contribution is 5.94. The van der Waals surface area contributed by atoms with Crippen LogP contribution in [0, 0.1) is 15.9 Å². The van der Waals surface area contributed by atoms with Crippen molar-refractivity contribution in [2.45, 2.75) is 6.54 Å². The fourth-order valence-electron chi connectivity index (χ4n) is 1.81. The predicted octanol–water partition coefficient (Wildman–Crippen LogP) is 3.04. The highest BCUT2D eigenvalue weighted by Crippen LogP contribution is 2.23. The first kappa shape index (κ1) is 14.4. The zero-order valence-electron chi connectivity index (χ0n) is 10.7. The van der Waals surface area contributed by atoms with Crippen molar-refractivity contribution in [2.24, 2.45) is 0 Å². The summed E-state index contributed by atoms with van der Waals surface area (Å²) >= 11 is 0. The average molecular weight is 290 g/mol. The molecular weight excluding hydrogens is 279 g/mol. The molecule has 2 aromatic rings. The van der Waals surface area contributed by atoms with Gasteiger partial charge in [-0.2, -0.15) is 0 Å². The molecule has 0 aliphatic carbocycles. The topological polar surface area (TPSA) is 92.5 Å². The van der Waals surface area contributed by atoms with Gasteiger partial charge < -0.3 is 10.4 Å². The number of carboxylic acids is 1. The third-order valence-corrected chi connectivity index (χ3v) is 2.87. The number of rotatable bonds is 5. The van der Waals surface area contributed by atoms with E-state index in [0.29, 0.717) is 5.56 Å². The summed E-state index contributed by atoms with van der Waals surface area (Å²) in [5.74, 6) is -1.66. The van der Waals surface area contributed by atoms with E-state index in [1.807, 2.05) is 0 Å². The molecule has 0 bridgehead atoms. The van der Waals surface area contributed by atoms with E-state index in [-0.39, 0.29) is 23.5 Å². The fraction of sp³-hybridized carbons (Fsp3) is 0.0714. The lowest BCUT2D eigenvalue weighted by Gasteiger charge is -2.10. The van der Waals surface area contributed by atoms with E-state index in [4.69, 9.17) is 5.11 Å². The Balaban J connectivity index is 2.29. The summed E-state index contributed by atoms with van der Waals surface area (Å²) < 4.78 is 13.5. The summed E-state index contributed by atoms with van der Waals surface area (Å²) in [4.78, 5) is 21.2. The molecule has 0 amide bonds. The lowest BCUT2D eigenvalue weighted by Crippen LogP contribution is -2.08. The van der Waals surface area contributed by atoms with Crippen LogP contribution in [0.15, 0.2) is 42.5 Å². The lowest BCUT2D eigenvalue weighted by molar-refractivity contribution is -0.384. The van der Waals surface area contributed by atoms with E-state index >= 15 is 0 Å². The number of nitro benzene ring substituents is 1.